The van der Waals surface area contributed by atoms with E-state index < -0.39 is 0 Å². The highest BCUT2D eigenvalue weighted by atomic mass is 35.5. The molecule has 2 aromatic rings. The third-order valence-electron chi connectivity index (χ3n) is 3.66. The van der Waals surface area contributed by atoms with E-state index in [-0.39, 0.29) is 5.91 Å². The average Bonchev–Trinajstić information content (AvgIpc) is 2.60. The predicted molar refractivity (Wildman–Crippen MR) is 107 cm³/mol. The van der Waals surface area contributed by atoms with Crippen molar-refractivity contribution in [2.45, 2.75) is 20.3 Å². The van der Waals surface area contributed by atoms with Crippen molar-refractivity contribution in [3.63, 3.8) is 0 Å². The van der Waals surface area contributed by atoms with E-state index in [1.54, 1.807) is 37.5 Å². The summed E-state index contributed by atoms with van der Waals surface area (Å²) in [4.78, 5) is 12.0. The van der Waals surface area contributed by atoms with Crippen LogP contribution in [0.4, 0.5) is 5.69 Å². The predicted octanol–water partition coefficient (Wildman–Crippen LogP) is 5.43. The van der Waals surface area contributed by atoms with E-state index in [1.165, 1.54) is 6.08 Å². The number of hydrogen-bond donors (Lipinski definition) is 1. The van der Waals surface area contributed by atoms with Gasteiger partial charge in [0.15, 0.2) is 11.5 Å². The van der Waals surface area contributed by atoms with E-state index in [0.29, 0.717) is 34.7 Å². The molecule has 5 heteroatoms. The van der Waals surface area contributed by atoms with Crippen LogP contribution >= 0.6 is 11.6 Å². The Balaban J connectivity index is 1.99. The molecular formula is C21H24ClNO3. The molecule has 0 unspecified atom stereocenters. The third-order valence-corrected chi connectivity index (χ3v) is 3.89. The molecule has 1 N–H and O–H groups in total. The Bertz CT molecular complexity index is 772. The summed E-state index contributed by atoms with van der Waals surface area (Å²) in [6.07, 6.45) is 4.17. The monoisotopic (exact) mass is 373 g/mol. The highest BCUT2D eigenvalue weighted by Gasteiger charge is 2.06. The molecule has 2 rings (SSSR count). The maximum atomic E-state index is 12.0. The number of hydrogen-bond acceptors (Lipinski definition) is 3. The Kier molecular flexibility index (Phi) is 7.54. The van der Waals surface area contributed by atoms with Gasteiger partial charge in [0, 0.05) is 16.8 Å². The highest BCUT2D eigenvalue weighted by Crippen LogP contribution is 2.29. The van der Waals surface area contributed by atoms with Crippen LogP contribution in [-0.2, 0) is 4.79 Å². The second kappa shape index (κ2) is 9.88. The molecular weight excluding hydrogens is 350 g/mol. The second-order valence-corrected chi connectivity index (χ2v) is 6.71. The first-order valence-corrected chi connectivity index (χ1v) is 8.91. The lowest BCUT2D eigenvalue weighted by Gasteiger charge is -2.12. The standard InChI is InChI=1S/C21H24ClNO3/c1-15(2)11-12-26-19-9-7-16(13-20(19)25-3)8-10-21(24)23-18-6-4-5-17(22)14-18/h4-10,13-15H,11-12H2,1-3H3,(H,23,24). The fourth-order valence-corrected chi connectivity index (χ4v) is 2.42. The molecule has 26 heavy (non-hydrogen) atoms. The van der Waals surface area contributed by atoms with Gasteiger partial charge < -0.3 is 14.8 Å². The number of carbonyl (C=O) groups is 1. The molecule has 2 aromatic carbocycles. The molecule has 1 amide bonds. The topological polar surface area (TPSA) is 47.6 Å². The molecule has 0 aliphatic rings. The number of amides is 1. The minimum absolute atomic E-state index is 0.233. The summed E-state index contributed by atoms with van der Waals surface area (Å²) in [6.45, 7) is 4.96. The summed E-state index contributed by atoms with van der Waals surface area (Å²) in [5, 5.41) is 3.34. The molecule has 0 saturated heterocycles. The molecule has 0 atom stereocenters. The molecule has 0 fully saturated rings. The number of anilines is 1. The molecule has 138 valence electrons. The van der Waals surface area contributed by atoms with Crippen molar-refractivity contribution in [2.75, 3.05) is 19.0 Å². The lowest BCUT2D eigenvalue weighted by atomic mass is 10.1. The maximum absolute atomic E-state index is 12.0. The number of halogens is 1. The molecule has 0 heterocycles. The number of benzene rings is 2. The smallest absolute Gasteiger partial charge is 0.248 e. The summed E-state index contributed by atoms with van der Waals surface area (Å²) in [6, 6.07) is 12.6. The summed E-state index contributed by atoms with van der Waals surface area (Å²) in [5.41, 5.74) is 1.50. The van der Waals surface area contributed by atoms with E-state index in [1.807, 2.05) is 18.2 Å². The summed E-state index contributed by atoms with van der Waals surface area (Å²) in [5.74, 6) is 1.70. The fourth-order valence-electron chi connectivity index (χ4n) is 2.23. The molecule has 0 aliphatic carbocycles. The summed E-state index contributed by atoms with van der Waals surface area (Å²) < 4.78 is 11.2. The van der Waals surface area contributed by atoms with Crippen molar-refractivity contribution >= 4 is 29.3 Å². The van der Waals surface area contributed by atoms with Crippen LogP contribution in [-0.4, -0.2) is 19.6 Å². The van der Waals surface area contributed by atoms with Gasteiger partial charge in [-0.25, -0.2) is 0 Å². The summed E-state index contributed by atoms with van der Waals surface area (Å²) in [7, 11) is 1.60. The van der Waals surface area contributed by atoms with Gasteiger partial charge in [-0.15, -0.1) is 0 Å². The highest BCUT2D eigenvalue weighted by molar-refractivity contribution is 6.30. The van der Waals surface area contributed by atoms with Gasteiger partial charge in [-0.05, 0) is 54.3 Å². The minimum Gasteiger partial charge on any atom is -0.493 e. The van der Waals surface area contributed by atoms with Gasteiger partial charge in [0.1, 0.15) is 0 Å². The Morgan fingerprint density at radius 2 is 2.00 bits per heavy atom. The number of ether oxygens (including phenoxy) is 2. The van der Waals surface area contributed by atoms with Crippen LogP contribution in [0.2, 0.25) is 5.02 Å². The number of methoxy groups -OCH3 is 1. The second-order valence-electron chi connectivity index (χ2n) is 6.27. The van der Waals surface area contributed by atoms with Crippen molar-refractivity contribution in [3.05, 3.63) is 59.1 Å². The zero-order valence-corrected chi connectivity index (χ0v) is 16.0. The SMILES string of the molecule is COc1cc(C=CC(=O)Nc2cccc(Cl)c2)ccc1OCCC(C)C. The van der Waals surface area contributed by atoms with E-state index in [2.05, 4.69) is 19.2 Å². The van der Waals surface area contributed by atoms with Crippen molar-refractivity contribution in [1.82, 2.24) is 0 Å². The number of rotatable bonds is 8. The van der Waals surface area contributed by atoms with Gasteiger partial charge >= 0.3 is 0 Å². The molecule has 0 aromatic heterocycles. The van der Waals surface area contributed by atoms with Gasteiger partial charge in [-0.1, -0.05) is 37.6 Å². The zero-order chi connectivity index (χ0) is 18.9. The molecule has 0 aliphatic heterocycles. The lowest BCUT2D eigenvalue weighted by molar-refractivity contribution is -0.111. The van der Waals surface area contributed by atoms with Crippen LogP contribution < -0.4 is 14.8 Å². The molecule has 0 radical (unpaired) electrons. The Labute approximate surface area is 159 Å². The van der Waals surface area contributed by atoms with Crippen LogP contribution in [0.1, 0.15) is 25.8 Å². The van der Waals surface area contributed by atoms with E-state index >= 15 is 0 Å². The van der Waals surface area contributed by atoms with Crippen LogP contribution in [0.25, 0.3) is 6.08 Å². The van der Waals surface area contributed by atoms with Crippen LogP contribution in [0.15, 0.2) is 48.5 Å². The van der Waals surface area contributed by atoms with E-state index in [4.69, 9.17) is 21.1 Å². The van der Waals surface area contributed by atoms with Gasteiger partial charge in [0.05, 0.1) is 13.7 Å². The van der Waals surface area contributed by atoms with Gasteiger partial charge in [-0.2, -0.15) is 0 Å². The normalized spacial score (nSPS) is 11.0. The third kappa shape index (κ3) is 6.45. The first-order chi connectivity index (χ1) is 12.5. The maximum Gasteiger partial charge on any atom is 0.248 e. The fraction of sp³-hybridized carbons (Fsp3) is 0.286. The first kappa shape index (κ1) is 19.9. The first-order valence-electron chi connectivity index (χ1n) is 8.53. The largest absolute Gasteiger partial charge is 0.493 e. The van der Waals surface area contributed by atoms with Crippen LogP contribution in [0.3, 0.4) is 0 Å². The summed E-state index contributed by atoms with van der Waals surface area (Å²) >= 11 is 5.91. The number of nitrogens with one attached hydrogen (secondary N) is 1. The van der Waals surface area contributed by atoms with Crippen molar-refractivity contribution in [3.8, 4) is 11.5 Å². The lowest BCUT2D eigenvalue weighted by Crippen LogP contribution is -2.07. The minimum atomic E-state index is -0.233. The van der Waals surface area contributed by atoms with Crippen molar-refractivity contribution in [2.24, 2.45) is 5.92 Å². The van der Waals surface area contributed by atoms with Gasteiger partial charge in [0.25, 0.3) is 0 Å². The van der Waals surface area contributed by atoms with Gasteiger partial charge in [0.2, 0.25) is 5.91 Å². The zero-order valence-electron chi connectivity index (χ0n) is 15.3. The van der Waals surface area contributed by atoms with E-state index in [9.17, 15) is 4.79 Å². The Morgan fingerprint density at radius 3 is 2.69 bits per heavy atom. The van der Waals surface area contributed by atoms with Crippen molar-refractivity contribution < 1.29 is 14.3 Å². The number of carbonyl (C=O) groups excluding carboxylic acids is 1. The van der Waals surface area contributed by atoms with Crippen LogP contribution in [0.5, 0.6) is 11.5 Å². The van der Waals surface area contributed by atoms with Crippen LogP contribution in [0, 0.1) is 5.92 Å². The van der Waals surface area contributed by atoms with Crippen molar-refractivity contribution in [1.29, 1.82) is 0 Å². The molecule has 0 bridgehead atoms. The Morgan fingerprint density at radius 1 is 1.19 bits per heavy atom. The van der Waals surface area contributed by atoms with E-state index in [0.717, 1.165) is 12.0 Å². The average molecular weight is 374 g/mol. The molecule has 4 nitrogen and oxygen atoms in total. The Hall–Kier alpha value is -2.46. The quantitative estimate of drug-likeness (QED) is 0.628. The van der Waals surface area contributed by atoms with Gasteiger partial charge in [-0.3, -0.25) is 4.79 Å². The molecule has 0 spiro atoms. The molecule has 0 saturated carbocycles.